The van der Waals surface area contributed by atoms with Gasteiger partial charge >= 0.3 is 0 Å². The van der Waals surface area contributed by atoms with Gasteiger partial charge in [-0.2, -0.15) is 5.10 Å². The highest BCUT2D eigenvalue weighted by molar-refractivity contribution is 7.13. The van der Waals surface area contributed by atoms with E-state index in [1.54, 1.807) is 28.3 Å². The largest absolute Gasteiger partial charge is 0.298 e. The molecule has 0 unspecified atom stereocenters. The summed E-state index contributed by atoms with van der Waals surface area (Å²) in [6.07, 6.45) is 2.54. The standard InChI is InChI=1S/C15H11ClN2OS/c1-10-6-7-20-15(10)14-11(9-19)8-18(17-14)13-5-3-2-4-12(13)16/h2-9H,1H3. The minimum Gasteiger partial charge on any atom is -0.298 e. The van der Waals surface area contributed by atoms with Crippen LogP contribution in [-0.2, 0) is 0 Å². The summed E-state index contributed by atoms with van der Waals surface area (Å²) in [6.45, 7) is 2.01. The molecule has 3 rings (SSSR count). The summed E-state index contributed by atoms with van der Waals surface area (Å²) in [5.41, 5.74) is 3.14. The third-order valence-corrected chi connectivity index (χ3v) is 4.39. The highest BCUT2D eigenvalue weighted by Crippen LogP contribution is 2.31. The molecule has 100 valence electrons. The SMILES string of the molecule is Cc1ccsc1-c1nn(-c2ccccc2Cl)cc1C=O. The number of aromatic nitrogens is 2. The topological polar surface area (TPSA) is 34.9 Å². The molecular formula is C15H11ClN2OS. The van der Waals surface area contributed by atoms with Gasteiger partial charge in [0.15, 0.2) is 6.29 Å². The lowest BCUT2D eigenvalue weighted by molar-refractivity contribution is 0.112. The summed E-state index contributed by atoms with van der Waals surface area (Å²) in [5.74, 6) is 0. The Bertz CT molecular complexity index is 776. The third-order valence-electron chi connectivity index (χ3n) is 3.05. The molecule has 0 bridgehead atoms. The van der Waals surface area contributed by atoms with Crippen LogP contribution in [0, 0.1) is 6.92 Å². The van der Waals surface area contributed by atoms with Gasteiger partial charge in [0.2, 0.25) is 0 Å². The van der Waals surface area contributed by atoms with Crippen LogP contribution in [0.15, 0.2) is 41.9 Å². The maximum atomic E-state index is 11.3. The second-order valence-electron chi connectivity index (χ2n) is 4.38. The molecule has 0 radical (unpaired) electrons. The zero-order chi connectivity index (χ0) is 14.1. The first-order valence-corrected chi connectivity index (χ1v) is 7.30. The van der Waals surface area contributed by atoms with Crippen LogP contribution in [0.3, 0.4) is 0 Å². The second-order valence-corrected chi connectivity index (χ2v) is 5.70. The number of benzene rings is 1. The molecular weight excluding hydrogens is 292 g/mol. The molecule has 0 saturated carbocycles. The Kier molecular flexibility index (Phi) is 3.42. The lowest BCUT2D eigenvalue weighted by Crippen LogP contribution is -1.95. The number of halogens is 1. The van der Waals surface area contributed by atoms with Gasteiger partial charge < -0.3 is 0 Å². The first-order valence-electron chi connectivity index (χ1n) is 6.05. The van der Waals surface area contributed by atoms with Crippen molar-refractivity contribution in [2.24, 2.45) is 0 Å². The Balaban J connectivity index is 2.17. The first-order chi connectivity index (χ1) is 9.70. The fourth-order valence-electron chi connectivity index (χ4n) is 2.03. The molecule has 2 aromatic heterocycles. The van der Waals surface area contributed by atoms with E-state index in [-0.39, 0.29) is 0 Å². The molecule has 0 saturated heterocycles. The Morgan fingerprint density at radius 2 is 2.10 bits per heavy atom. The Labute approximate surface area is 125 Å². The number of aldehydes is 1. The van der Waals surface area contributed by atoms with Gasteiger partial charge in [0, 0.05) is 6.20 Å². The Morgan fingerprint density at radius 3 is 2.75 bits per heavy atom. The zero-order valence-corrected chi connectivity index (χ0v) is 12.3. The van der Waals surface area contributed by atoms with Crippen LogP contribution in [0.2, 0.25) is 5.02 Å². The minimum atomic E-state index is 0.565. The summed E-state index contributed by atoms with van der Waals surface area (Å²) < 4.78 is 1.65. The van der Waals surface area contributed by atoms with Gasteiger partial charge in [-0.1, -0.05) is 23.7 Å². The van der Waals surface area contributed by atoms with Crippen LogP contribution in [-0.4, -0.2) is 16.1 Å². The van der Waals surface area contributed by atoms with Crippen molar-refractivity contribution >= 4 is 29.2 Å². The fourth-order valence-corrected chi connectivity index (χ4v) is 3.18. The van der Waals surface area contributed by atoms with Gasteiger partial charge in [-0.3, -0.25) is 4.79 Å². The summed E-state index contributed by atoms with van der Waals surface area (Å²) in [6, 6.07) is 9.44. The molecule has 3 aromatic rings. The van der Waals surface area contributed by atoms with Crippen molar-refractivity contribution in [1.29, 1.82) is 0 Å². The third kappa shape index (κ3) is 2.17. The fraction of sp³-hybridized carbons (Fsp3) is 0.0667. The predicted octanol–water partition coefficient (Wildman–Crippen LogP) is 4.38. The maximum absolute atomic E-state index is 11.3. The minimum absolute atomic E-state index is 0.565. The van der Waals surface area contributed by atoms with Gasteiger partial charge in [0.25, 0.3) is 0 Å². The molecule has 0 atom stereocenters. The van der Waals surface area contributed by atoms with E-state index in [2.05, 4.69) is 5.10 Å². The average molecular weight is 303 g/mol. The number of rotatable bonds is 3. The van der Waals surface area contributed by atoms with Gasteiger partial charge in [-0.25, -0.2) is 4.68 Å². The number of hydrogen-bond donors (Lipinski definition) is 0. The summed E-state index contributed by atoms with van der Waals surface area (Å²) >= 11 is 7.75. The highest BCUT2D eigenvalue weighted by Gasteiger charge is 2.15. The molecule has 0 aliphatic carbocycles. The van der Waals surface area contributed by atoms with Crippen LogP contribution in [0.1, 0.15) is 15.9 Å². The molecule has 0 spiro atoms. The molecule has 0 N–H and O–H groups in total. The summed E-state index contributed by atoms with van der Waals surface area (Å²) in [4.78, 5) is 12.3. The molecule has 2 heterocycles. The van der Waals surface area contributed by atoms with Crippen LogP contribution in [0.4, 0.5) is 0 Å². The van der Waals surface area contributed by atoms with Crippen LogP contribution in [0.25, 0.3) is 16.3 Å². The lowest BCUT2D eigenvalue weighted by Gasteiger charge is -2.02. The van der Waals surface area contributed by atoms with E-state index in [4.69, 9.17) is 11.6 Å². The smallest absolute Gasteiger partial charge is 0.153 e. The normalized spacial score (nSPS) is 10.7. The molecule has 0 aliphatic rings. The Morgan fingerprint density at radius 1 is 1.30 bits per heavy atom. The number of nitrogens with zero attached hydrogens (tertiary/aromatic N) is 2. The molecule has 20 heavy (non-hydrogen) atoms. The van der Waals surface area contributed by atoms with E-state index >= 15 is 0 Å². The summed E-state index contributed by atoms with van der Waals surface area (Å²) in [5, 5.41) is 7.12. The van der Waals surface area contributed by atoms with E-state index in [1.807, 2.05) is 36.6 Å². The van der Waals surface area contributed by atoms with E-state index in [1.165, 1.54) is 0 Å². The first kappa shape index (κ1) is 13.1. The predicted molar refractivity (Wildman–Crippen MR) is 82.0 cm³/mol. The lowest BCUT2D eigenvalue weighted by atomic mass is 10.2. The van der Waals surface area contributed by atoms with Crippen molar-refractivity contribution in [1.82, 2.24) is 9.78 Å². The van der Waals surface area contributed by atoms with Crippen LogP contribution in [0.5, 0.6) is 0 Å². The van der Waals surface area contributed by atoms with Gasteiger partial charge in [0.1, 0.15) is 5.69 Å². The van der Waals surface area contributed by atoms with E-state index in [0.717, 1.165) is 22.4 Å². The van der Waals surface area contributed by atoms with Crippen molar-refractivity contribution in [2.75, 3.05) is 0 Å². The van der Waals surface area contributed by atoms with E-state index < -0.39 is 0 Å². The van der Waals surface area contributed by atoms with E-state index in [9.17, 15) is 4.79 Å². The van der Waals surface area contributed by atoms with Gasteiger partial charge in [-0.15, -0.1) is 11.3 Å². The molecule has 3 nitrogen and oxygen atoms in total. The van der Waals surface area contributed by atoms with Gasteiger partial charge in [0.05, 0.1) is 21.2 Å². The number of carbonyl (C=O) groups is 1. The number of aryl methyl sites for hydroxylation is 1. The quantitative estimate of drug-likeness (QED) is 0.673. The van der Waals surface area contributed by atoms with Crippen molar-refractivity contribution < 1.29 is 4.79 Å². The van der Waals surface area contributed by atoms with Crippen molar-refractivity contribution in [2.45, 2.75) is 6.92 Å². The average Bonchev–Trinajstić information content (AvgIpc) is 3.04. The van der Waals surface area contributed by atoms with Crippen LogP contribution >= 0.6 is 22.9 Å². The maximum Gasteiger partial charge on any atom is 0.153 e. The van der Waals surface area contributed by atoms with Crippen molar-refractivity contribution in [3.05, 3.63) is 58.1 Å². The number of thiophene rings is 1. The Hall–Kier alpha value is -1.91. The summed E-state index contributed by atoms with van der Waals surface area (Å²) in [7, 11) is 0. The van der Waals surface area contributed by atoms with Crippen molar-refractivity contribution in [3.63, 3.8) is 0 Å². The monoisotopic (exact) mass is 302 g/mol. The molecule has 0 amide bonds. The molecule has 5 heteroatoms. The zero-order valence-electron chi connectivity index (χ0n) is 10.7. The number of para-hydroxylation sites is 1. The molecule has 1 aromatic carbocycles. The number of carbonyl (C=O) groups excluding carboxylic acids is 1. The number of hydrogen-bond acceptors (Lipinski definition) is 3. The van der Waals surface area contributed by atoms with Gasteiger partial charge in [-0.05, 0) is 36.1 Å². The molecule has 0 aliphatic heterocycles. The van der Waals surface area contributed by atoms with E-state index in [0.29, 0.717) is 16.3 Å². The van der Waals surface area contributed by atoms with Crippen molar-refractivity contribution in [3.8, 4) is 16.3 Å². The highest BCUT2D eigenvalue weighted by atomic mass is 35.5. The second kappa shape index (κ2) is 5.23. The molecule has 0 fully saturated rings. The van der Waals surface area contributed by atoms with Crippen LogP contribution < -0.4 is 0 Å².